The molecule has 1 rings (SSSR count). The van der Waals surface area contributed by atoms with E-state index in [9.17, 15) is 4.39 Å². The predicted molar refractivity (Wildman–Crippen MR) is 64.6 cm³/mol. The van der Waals surface area contributed by atoms with Crippen molar-refractivity contribution in [2.45, 2.75) is 18.9 Å². The van der Waals surface area contributed by atoms with Crippen LogP contribution in [0, 0.1) is 5.82 Å². The molecule has 0 aliphatic heterocycles. The van der Waals surface area contributed by atoms with E-state index in [1.807, 2.05) is 0 Å². The van der Waals surface area contributed by atoms with Gasteiger partial charge in [0.25, 0.3) is 0 Å². The van der Waals surface area contributed by atoms with Crippen molar-refractivity contribution >= 4 is 28.3 Å². The largest absolute Gasteiger partial charge is 0.396 e. The fourth-order valence-corrected chi connectivity index (χ4v) is 1.47. The first kappa shape index (κ1) is 14.8. The minimum Gasteiger partial charge on any atom is -0.396 e. The summed E-state index contributed by atoms with van der Waals surface area (Å²) in [5.74, 6) is -0.304. The van der Waals surface area contributed by atoms with Gasteiger partial charge in [0.05, 0.1) is 4.47 Å². The zero-order chi connectivity index (χ0) is 10.6. The van der Waals surface area contributed by atoms with Crippen LogP contribution in [0.15, 0.2) is 22.7 Å². The van der Waals surface area contributed by atoms with E-state index in [4.69, 9.17) is 10.8 Å². The molecule has 0 unspecified atom stereocenters. The fourth-order valence-electron chi connectivity index (χ4n) is 1.22. The molecule has 0 fully saturated rings. The van der Waals surface area contributed by atoms with Crippen LogP contribution in [0.25, 0.3) is 0 Å². The van der Waals surface area contributed by atoms with Crippen LogP contribution in [-0.4, -0.2) is 11.7 Å². The van der Waals surface area contributed by atoms with E-state index in [-0.39, 0.29) is 30.9 Å². The van der Waals surface area contributed by atoms with Crippen LogP contribution in [0.2, 0.25) is 0 Å². The molecule has 1 atom stereocenters. The molecule has 1 aromatic rings. The van der Waals surface area contributed by atoms with Gasteiger partial charge in [-0.05, 0) is 46.5 Å². The summed E-state index contributed by atoms with van der Waals surface area (Å²) < 4.78 is 13.6. The summed E-state index contributed by atoms with van der Waals surface area (Å²) in [6, 6.07) is 4.65. The smallest absolute Gasteiger partial charge is 0.137 e. The second-order valence-electron chi connectivity index (χ2n) is 3.15. The highest BCUT2D eigenvalue weighted by atomic mass is 79.9. The third-order valence-corrected chi connectivity index (χ3v) is 2.69. The van der Waals surface area contributed by atoms with E-state index >= 15 is 0 Å². The molecule has 3 N–H and O–H groups in total. The Morgan fingerprint density at radius 1 is 1.47 bits per heavy atom. The molecular weight excluding hydrogens is 284 g/mol. The van der Waals surface area contributed by atoms with Crippen LogP contribution < -0.4 is 5.73 Å². The van der Waals surface area contributed by atoms with Gasteiger partial charge >= 0.3 is 0 Å². The van der Waals surface area contributed by atoms with Crippen LogP contribution in [0.1, 0.15) is 24.4 Å². The molecule has 0 aromatic heterocycles. The normalized spacial score (nSPS) is 12.0. The van der Waals surface area contributed by atoms with Gasteiger partial charge in [0, 0.05) is 12.6 Å². The summed E-state index contributed by atoms with van der Waals surface area (Å²) in [5.41, 5.74) is 6.57. The summed E-state index contributed by atoms with van der Waals surface area (Å²) >= 11 is 3.08. The molecule has 0 saturated carbocycles. The van der Waals surface area contributed by atoms with Gasteiger partial charge in [-0.1, -0.05) is 6.07 Å². The maximum absolute atomic E-state index is 13.1. The number of aliphatic hydroxyl groups excluding tert-OH is 1. The van der Waals surface area contributed by atoms with Crippen LogP contribution in [0.3, 0.4) is 0 Å². The lowest BCUT2D eigenvalue weighted by Crippen LogP contribution is -2.11. The quantitative estimate of drug-likeness (QED) is 0.898. The number of hydrogen-bond donors (Lipinski definition) is 2. The Labute approximate surface area is 103 Å². The second kappa shape index (κ2) is 7.17. The summed E-state index contributed by atoms with van der Waals surface area (Å²) in [7, 11) is 0. The zero-order valence-electron chi connectivity index (χ0n) is 8.12. The van der Waals surface area contributed by atoms with Gasteiger partial charge in [-0.15, -0.1) is 12.4 Å². The van der Waals surface area contributed by atoms with E-state index in [0.717, 1.165) is 5.56 Å². The number of halogens is 3. The lowest BCUT2D eigenvalue weighted by Gasteiger charge is -2.11. The zero-order valence-corrected chi connectivity index (χ0v) is 10.5. The van der Waals surface area contributed by atoms with Crippen molar-refractivity contribution < 1.29 is 9.50 Å². The number of benzene rings is 1. The lowest BCUT2D eigenvalue weighted by molar-refractivity contribution is 0.280. The van der Waals surface area contributed by atoms with Crippen molar-refractivity contribution in [1.29, 1.82) is 0 Å². The summed E-state index contributed by atoms with van der Waals surface area (Å²) in [6.45, 7) is 0.118. The van der Waals surface area contributed by atoms with E-state index in [1.165, 1.54) is 6.07 Å². The van der Waals surface area contributed by atoms with Crippen LogP contribution in [-0.2, 0) is 0 Å². The maximum atomic E-state index is 13.1. The van der Waals surface area contributed by atoms with E-state index in [0.29, 0.717) is 17.3 Å². The number of nitrogens with two attached hydrogens (primary N) is 1. The standard InChI is InChI=1S/C10H13BrFNO.ClH/c11-8-4-3-7(6-9(8)12)10(13)2-1-5-14;/h3-4,6,10,14H,1-2,5,13H2;1H/t10-;/m0./s1. The van der Waals surface area contributed by atoms with Crippen molar-refractivity contribution in [2.24, 2.45) is 5.73 Å². The molecule has 0 spiro atoms. The van der Waals surface area contributed by atoms with Crippen LogP contribution in [0.4, 0.5) is 4.39 Å². The summed E-state index contributed by atoms with van der Waals surface area (Å²) in [5, 5.41) is 8.62. The molecular formula is C10H14BrClFNO. The van der Waals surface area contributed by atoms with Crippen LogP contribution in [0.5, 0.6) is 0 Å². The number of rotatable bonds is 4. The maximum Gasteiger partial charge on any atom is 0.137 e. The minimum atomic E-state index is -0.304. The average molecular weight is 299 g/mol. The van der Waals surface area contributed by atoms with Crippen molar-refractivity contribution in [3.05, 3.63) is 34.1 Å². The first-order chi connectivity index (χ1) is 6.65. The molecule has 2 nitrogen and oxygen atoms in total. The monoisotopic (exact) mass is 297 g/mol. The Morgan fingerprint density at radius 2 is 2.13 bits per heavy atom. The third kappa shape index (κ3) is 4.47. The van der Waals surface area contributed by atoms with Gasteiger partial charge in [-0.25, -0.2) is 4.39 Å². The van der Waals surface area contributed by atoms with Gasteiger partial charge in [0.1, 0.15) is 5.82 Å². The highest BCUT2D eigenvalue weighted by Gasteiger charge is 2.07. The topological polar surface area (TPSA) is 46.2 Å². The van der Waals surface area contributed by atoms with Crippen molar-refractivity contribution in [2.75, 3.05) is 6.61 Å². The molecule has 0 saturated heterocycles. The summed E-state index contributed by atoms with van der Waals surface area (Å²) in [4.78, 5) is 0. The van der Waals surface area contributed by atoms with Crippen LogP contribution >= 0.6 is 28.3 Å². The average Bonchev–Trinajstić information content (AvgIpc) is 2.18. The molecule has 0 bridgehead atoms. The first-order valence-electron chi connectivity index (χ1n) is 4.46. The molecule has 0 heterocycles. The predicted octanol–water partition coefficient (Wildman–Crippen LogP) is 2.78. The molecule has 0 aliphatic rings. The second-order valence-corrected chi connectivity index (χ2v) is 4.00. The van der Waals surface area contributed by atoms with Crippen molar-refractivity contribution in [3.63, 3.8) is 0 Å². The SMILES string of the molecule is Cl.N[C@@H](CCCO)c1ccc(Br)c(F)c1. The molecule has 0 amide bonds. The van der Waals surface area contributed by atoms with Gasteiger partial charge in [-0.2, -0.15) is 0 Å². The third-order valence-electron chi connectivity index (χ3n) is 2.05. The lowest BCUT2D eigenvalue weighted by atomic mass is 10.0. The Balaban J connectivity index is 0.00000196. The Hall–Kier alpha value is -0.160. The van der Waals surface area contributed by atoms with Crippen molar-refractivity contribution in [3.8, 4) is 0 Å². The Kier molecular flexibility index (Phi) is 7.09. The van der Waals surface area contributed by atoms with E-state index in [2.05, 4.69) is 15.9 Å². The highest BCUT2D eigenvalue weighted by Crippen LogP contribution is 2.21. The Bertz CT molecular complexity index is 311. The molecule has 15 heavy (non-hydrogen) atoms. The molecule has 0 radical (unpaired) electrons. The fraction of sp³-hybridized carbons (Fsp3) is 0.400. The molecule has 86 valence electrons. The minimum absolute atomic E-state index is 0. The molecule has 5 heteroatoms. The van der Waals surface area contributed by atoms with E-state index in [1.54, 1.807) is 12.1 Å². The highest BCUT2D eigenvalue weighted by molar-refractivity contribution is 9.10. The molecule has 1 aromatic carbocycles. The van der Waals surface area contributed by atoms with Gasteiger partial charge < -0.3 is 10.8 Å². The Morgan fingerprint density at radius 3 is 2.67 bits per heavy atom. The van der Waals surface area contributed by atoms with Gasteiger partial charge in [-0.3, -0.25) is 0 Å². The molecule has 0 aliphatic carbocycles. The first-order valence-corrected chi connectivity index (χ1v) is 5.26. The van der Waals surface area contributed by atoms with Gasteiger partial charge in [0.15, 0.2) is 0 Å². The number of hydrogen-bond acceptors (Lipinski definition) is 2. The summed E-state index contributed by atoms with van der Waals surface area (Å²) in [6.07, 6.45) is 1.30. The number of aliphatic hydroxyl groups is 1. The van der Waals surface area contributed by atoms with Crippen molar-refractivity contribution in [1.82, 2.24) is 0 Å². The van der Waals surface area contributed by atoms with E-state index < -0.39 is 0 Å². The van der Waals surface area contributed by atoms with Gasteiger partial charge in [0.2, 0.25) is 0 Å².